The number of nitrogens with one attached hydrogen (secondary N) is 2. The van der Waals surface area contributed by atoms with E-state index in [4.69, 9.17) is 0 Å². The molecule has 116 valence electrons. The molecule has 5 nitrogen and oxygen atoms in total. The molecule has 1 unspecified atom stereocenters. The zero-order valence-electron chi connectivity index (χ0n) is 11.9. The number of carbonyl (C=O) groups is 2. The molecule has 0 bridgehead atoms. The zero-order valence-corrected chi connectivity index (χ0v) is 13.5. The summed E-state index contributed by atoms with van der Waals surface area (Å²) in [5, 5.41) is 6.38. The smallest absolute Gasteiger partial charge is 0.243 e. The Labute approximate surface area is 131 Å². The van der Waals surface area contributed by atoms with Gasteiger partial charge < -0.3 is 15.5 Å². The Bertz CT molecular complexity index is 338. The molecule has 1 atom stereocenters. The van der Waals surface area contributed by atoms with Gasteiger partial charge in [-0.25, -0.2) is 0 Å². The van der Waals surface area contributed by atoms with E-state index in [-0.39, 0.29) is 36.3 Å². The molecule has 2 aliphatic rings. The molecular formula is C13H24ClN3O2S. The standard InChI is InChI=1S/C13H23N3O2S.ClH/c1-2-3-12(17)16-9-19-8-11(16)13(18)15-10-4-6-14-7-5-10;/h10-11,14H,2-9H2,1H3,(H,15,18);1H. The summed E-state index contributed by atoms with van der Waals surface area (Å²) in [4.78, 5) is 26.0. The van der Waals surface area contributed by atoms with Gasteiger partial charge in [-0.1, -0.05) is 6.92 Å². The van der Waals surface area contributed by atoms with E-state index < -0.39 is 0 Å². The predicted octanol–water partition coefficient (Wildman–Crippen LogP) is 0.978. The van der Waals surface area contributed by atoms with Gasteiger partial charge in [-0.15, -0.1) is 24.2 Å². The molecule has 7 heteroatoms. The van der Waals surface area contributed by atoms with Crippen molar-refractivity contribution in [1.82, 2.24) is 15.5 Å². The van der Waals surface area contributed by atoms with Crippen LogP contribution in [0.15, 0.2) is 0 Å². The number of amides is 2. The lowest BCUT2D eigenvalue weighted by Crippen LogP contribution is -2.51. The Morgan fingerprint density at radius 2 is 2.05 bits per heavy atom. The van der Waals surface area contributed by atoms with Gasteiger partial charge in [0.25, 0.3) is 0 Å². The number of thioether (sulfide) groups is 1. The van der Waals surface area contributed by atoms with E-state index in [0.29, 0.717) is 12.3 Å². The Kier molecular flexibility index (Phi) is 7.69. The normalized spacial score (nSPS) is 23.2. The number of halogens is 1. The van der Waals surface area contributed by atoms with E-state index in [9.17, 15) is 9.59 Å². The minimum Gasteiger partial charge on any atom is -0.351 e. The van der Waals surface area contributed by atoms with Gasteiger partial charge in [0.15, 0.2) is 0 Å². The van der Waals surface area contributed by atoms with E-state index in [2.05, 4.69) is 10.6 Å². The molecule has 2 N–H and O–H groups in total. The van der Waals surface area contributed by atoms with Crippen LogP contribution in [0, 0.1) is 0 Å². The van der Waals surface area contributed by atoms with Gasteiger partial charge in [0.05, 0.1) is 5.88 Å². The van der Waals surface area contributed by atoms with Crippen molar-refractivity contribution in [2.45, 2.75) is 44.7 Å². The third kappa shape index (κ3) is 4.53. The van der Waals surface area contributed by atoms with Crippen LogP contribution < -0.4 is 10.6 Å². The highest BCUT2D eigenvalue weighted by atomic mass is 35.5. The first-order valence-electron chi connectivity index (χ1n) is 7.10. The molecule has 2 aliphatic heterocycles. The maximum atomic E-state index is 12.3. The van der Waals surface area contributed by atoms with Crippen LogP contribution in [0.5, 0.6) is 0 Å². The van der Waals surface area contributed by atoms with Gasteiger partial charge in [0.2, 0.25) is 11.8 Å². The molecule has 0 aromatic carbocycles. The van der Waals surface area contributed by atoms with Crippen LogP contribution in [-0.4, -0.2) is 53.5 Å². The number of carbonyl (C=O) groups excluding carboxylic acids is 2. The van der Waals surface area contributed by atoms with Crippen LogP contribution in [0.2, 0.25) is 0 Å². The second-order valence-corrected chi connectivity index (χ2v) is 6.16. The summed E-state index contributed by atoms with van der Waals surface area (Å²) >= 11 is 1.67. The second kappa shape index (κ2) is 8.74. The molecular weight excluding hydrogens is 298 g/mol. The molecule has 2 saturated heterocycles. The summed E-state index contributed by atoms with van der Waals surface area (Å²) in [6, 6.07) is 0.00131. The topological polar surface area (TPSA) is 61.4 Å². The molecule has 20 heavy (non-hydrogen) atoms. The van der Waals surface area contributed by atoms with Crippen molar-refractivity contribution in [2.75, 3.05) is 24.7 Å². The van der Waals surface area contributed by atoms with Crippen molar-refractivity contribution >= 4 is 36.0 Å². The monoisotopic (exact) mass is 321 g/mol. The first kappa shape index (κ1) is 17.6. The lowest BCUT2D eigenvalue weighted by atomic mass is 10.1. The van der Waals surface area contributed by atoms with Gasteiger partial charge in [0.1, 0.15) is 6.04 Å². The van der Waals surface area contributed by atoms with Crippen LogP contribution in [0.25, 0.3) is 0 Å². The minimum absolute atomic E-state index is 0. The van der Waals surface area contributed by atoms with E-state index in [1.807, 2.05) is 6.92 Å². The first-order valence-corrected chi connectivity index (χ1v) is 8.26. The van der Waals surface area contributed by atoms with Crippen molar-refractivity contribution in [2.24, 2.45) is 0 Å². The highest BCUT2D eigenvalue weighted by Gasteiger charge is 2.34. The van der Waals surface area contributed by atoms with Gasteiger partial charge >= 0.3 is 0 Å². The fourth-order valence-corrected chi connectivity index (χ4v) is 3.71. The summed E-state index contributed by atoms with van der Waals surface area (Å²) in [7, 11) is 0. The lowest BCUT2D eigenvalue weighted by Gasteiger charge is -2.28. The van der Waals surface area contributed by atoms with E-state index in [1.54, 1.807) is 16.7 Å². The Balaban J connectivity index is 0.00000200. The van der Waals surface area contributed by atoms with Crippen molar-refractivity contribution in [3.8, 4) is 0 Å². The summed E-state index contributed by atoms with van der Waals surface area (Å²) in [6.07, 6.45) is 3.34. The van der Waals surface area contributed by atoms with Gasteiger partial charge in [-0.2, -0.15) is 0 Å². The predicted molar refractivity (Wildman–Crippen MR) is 84.1 cm³/mol. The molecule has 0 radical (unpaired) electrons. The molecule has 2 heterocycles. The summed E-state index contributed by atoms with van der Waals surface area (Å²) in [5.74, 6) is 1.52. The average Bonchev–Trinajstić information content (AvgIpc) is 2.89. The lowest BCUT2D eigenvalue weighted by molar-refractivity contribution is -0.138. The van der Waals surface area contributed by atoms with Crippen LogP contribution in [0.1, 0.15) is 32.6 Å². The third-order valence-corrected chi connectivity index (χ3v) is 4.67. The van der Waals surface area contributed by atoms with Crippen LogP contribution in [0.4, 0.5) is 0 Å². The maximum Gasteiger partial charge on any atom is 0.243 e. The van der Waals surface area contributed by atoms with E-state index in [0.717, 1.165) is 38.1 Å². The van der Waals surface area contributed by atoms with Gasteiger partial charge in [-0.3, -0.25) is 9.59 Å². The molecule has 0 aromatic rings. The van der Waals surface area contributed by atoms with E-state index >= 15 is 0 Å². The first-order chi connectivity index (χ1) is 9.22. The van der Waals surface area contributed by atoms with Crippen molar-refractivity contribution < 1.29 is 9.59 Å². The fraction of sp³-hybridized carbons (Fsp3) is 0.846. The highest BCUT2D eigenvalue weighted by Crippen LogP contribution is 2.22. The number of nitrogens with zero attached hydrogens (tertiary/aromatic N) is 1. The maximum absolute atomic E-state index is 12.3. The quantitative estimate of drug-likeness (QED) is 0.810. The van der Waals surface area contributed by atoms with Gasteiger partial charge in [-0.05, 0) is 32.4 Å². The number of hydrogen-bond donors (Lipinski definition) is 2. The van der Waals surface area contributed by atoms with Crippen LogP contribution >= 0.6 is 24.2 Å². The average molecular weight is 322 g/mol. The Hall–Kier alpha value is -0.460. The van der Waals surface area contributed by atoms with E-state index in [1.165, 1.54) is 0 Å². The highest BCUT2D eigenvalue weighted by molar-refractivity contribution is 7.99. The zero-order chi connectivity index (χ0) is 13.7. The largest absolute Gasteiger partial charge is 0.351 e. The summed E-state index contributed by atoms with van der Waals surface area (Å²) < 4.78 is 0. The van der Waals surface area contributed by atoms with Crippen molar-refractivity contribution in [3.05, 3.63) is 0 Å². The molecule has 0 spiro atoms. The van der Waals surface area contributed by atoms with Crippen LogP contribution in [0.3, 0.4) is 0 Å². The molecule has 2 fully saturated rings. The van der Waals surface area contributed by atoms with Crippen LogP contribution in [-0.2, 0) is 9.59 Å². The Morgan fingerprint density at radius 3 is 2.70 bits per heavy atom. The molecule has 2 amide bonds. The number of rotatable bonds is 4. The minimum atomic E-state index is -0.265. The summed E-state index contributed by atoms with van der Waals surface area (Å²) in [5.41, 5.74) is 0. The second-order valence-electron chi connectivity index (χ2n) is 5.16. The summed E-state index contributed by atoms with van der Waals surface area (Å²) in [6.45, 7) is 3.91. The molecule has 2 rings (SSSR count). The molecule has 0 aliphatic carbocycles. The molecule has 0 saturated carbocycles. The van der Waals surface area contributed by atoms with Gasteiger partial charge in [0, 0.05) is 18.2 Å². The molecule has 0 aromatic heterocycles. The Morgan fingerprint density at radius 1 is 1.35 bits per heavy atom. The number of hydrogen-bond acceptors (Lipinski definition) is 4. The SMILES string of the molecule is CCCC(=O)N1CSCC1C(=O)NC1CCNCC1.Cl. The number of piperidine rings is 1. The van der Waals surface area contributed by atoms with Crippen molar-refractivity contribution in [3.63, 3.8) is 0 Å². The third-order valence-electron chi connectivity index (χ3n) is 3.65. The fourth-order valence-electron chi connectivity index (χ4n) is 2.53. The van der Waals surface area contributed by atoms with Crippen molar-refractivity contribution in [1.29, 1.82) is 0 Å².